The number of halogens is 2. The number of amidine groups is 1. The Bertz CT molecular complexity index is 1050. The molecule has 0 N–H and O–H groups in total. The van der Waals surface area contributed by atoms with Crippen LogP contribution in [0.15, 0.2) is 64.1 Å². The third-order valence-corrected chi connectivity index (χ3v) is 7.13. The molecule has 0 bridgehead atoms. The summed E-state index contributed by atoms with van der Waals surface area (Å²) in [6.45, 7) is 2.20. The van der Waals surface area contributed by atoms with Crippen molar-refractivity contribution in [2.45, 2.75) is 31.8 Å². The van der Waals surface area contributed by atoms with Gasteiger partial charge in [-0.25, -0.2) is 4.79 Å². The number of ether oxygens (including phenoxy) is 1. The highest BCUT2D eigenvalue weighted by molar-refractivity contribution is 8.18. The SMILES string of the molecule is CCOC(=O)C1=C(C2CC2)N2C(=N[C@@H](c3ccc(Cl)cc3)[C@H]2c2ccc(Cl)cc2)S1. The number of carbonyl (C=O) groups is 1. The molecule has 0 aromatic heterocycles. The van der Waals surface area contributed by atoms with E-state index in [4.69, 9.17) is 32.9 Å². The van der Waals surface area contributed by atoms with Gasteiger partial charge in [-0.15, -0.1) is 0 Å². The summed E-state index contributed by atoms with van der Waals surface area (Å²) in [5.74, 6) is 0.128. The van der Waals surface area contributed by atoms with Crippen LogP contribution in [-0.2, 0) is 9.53 Å². The molecule has 0 unspecified atom stereocenters. The quantitative estimate of drug-likeness (QED) is 0.487. The van der Waals surface area contributed by atoms with Crippen molar-refractivity contribution in [3.8, 4) is 0 Å². The van der Waals surface area contributed by atoms with Gasteiger partial charge >= 0.3 is 5.97 Å². The van der Waals surface area contributed by atoms with Gasteiger partial charge in [-0.3, -0.25) is 4.99 Å². The number of rotatable bonds is 5. The van der Waals surface area contributed by atoms with Crippen molar-refractivity contribution in [1.29, 1.82) is 0 Å². The summed E-state index contributed by atoms with van der Waals surface area (Å²) in [6.07, 6.45) is 2.17. The summed E-state index contributed by atoms with van der Waals surface area (Å²) in [7, 11) is 0. The molecule has 4 nitrogen and oxygen atoms in total. The second-order valence-electron chi connectivity index (χ2n) is 7.59. The number of carbonyl (C=O) groups excluding carboxylic acids is 1. The average Bonchev–Trinajstić information content (AvgIpc) is 3.41. The molecule has 2 heterocycles. The van der Waals surface area contributed by atoms with Crippen LogP contribution in [0.1, 0.15) is 43.0 Å². The Kier molecular flexibility index (Phi) is 5.30. The van der Waals surface area contributed by atoms with Gasteiger partial charge in [-0.05, 0) is 66.9 Å². The molecule has 7 heteroatoms. The third-order valence-electron chi connectivity index (χ3n) is 5.57. The number of thioether (sulfide) groups is 1. The normalized spacial score (nSPS) is 22.9. The van der Waals surface area contributed by atoms with Crippen molar-refractivity contribution in [1.82, 2.24) is 4.90 Å². The summed E-state index contributed by atoms with van der Waals surface area (Å²) in [6, 6.07) is 15.6. The van der Waals surface area contributed by atoms with Crippen molar-refractivity contribution < 1.29 is 9.53 Å². The minimum absolute atomic E-state index is 0.0477. The van der Waals surface area contributed by atoms with Gasteiger partial charge in [0, 0.05) is 21.7 Å². The predicted molar refractivity (Wildman–Crippen MR) is 122 cm³/mol. The zero-order valence-corrected chi connectivity index (χ0v) is 18.7. The van der Waals surface area contributed by atoms with Crippen LogP contribution in [-0.4, -0.2) is 22.6 Å². The van der Waals surface area contributed by atoms with Gasteiger partial charge in [0.1, 0.15) is 10.9 Å². The molecule has 2 aliphatic heterocycles. The highest BCUT2D eigenvalue weighted by Crippen LogP contribution is 2.56. The number of benzene rings is 2. The Hall–Kier alpha value is -1.95. The first-order chi connectivity index (χ1) is 14.6. The molecule has 0 saturated heterocycles. The molecular formula is C23H20Cl2N2O2S. The second-order valence-corrected chi connectivity index (χ2v) is 9.44. The number of hydrogen-bond donors (Lipinski definition) is 0. The molecule has 2 atom stereocenters. The monoisotopic (exact) mass is 458 g/mol. The van der Waals surface area contributed by atoms with E-state index in [2.05, 4.69) is 4.90 Å². The third kappa shape index (κ3) is 3.53. The number of nitrogens with zero attached hydrogens (tertiary/aromatic N) is 2. The van der Waals surface area contributed by atoms with Crippen molar-refractivity contribution >= 4 is 46.1 Å². The average molecular weight is 459 g/mol. The molecular weight excluding hydrogens is 439 g/mol. The van der Waals surface area contributed by atoms with E-state index in [0.29, 0.717) is 27.5 Å². The zero-order valence-electron chi connectivity index (χ0n) is 16.3. The van der Waals surface area contributed by atoms with Crippen LogP contribution >= 0.6 is 35.0 Å². The zero-order chi connectivity index (χ0) is 20.8. The van der Waals surface area contributed by atoms with Gasteiger partial charge in [-0.2, -0.15) is 0 Å². The van der Waals surface area contributed by atoms with E-state index >= 15 is 0 Å². The van der Waals surface area contributed by atoms with E-state index in [9.17, 15) is 4.79 Å². The topological polar surface area (TPSA) is 41.9 Å². The van der Waals surface area contributed by atoms with Crippen LogP contribution in [0.5, 0.6) is 0 Å². The molecule has 2 aromatic carbocycles. The fourth-order valence-electron chi connectivity index (χ4n) is 4.08. The lowest BCUT2D eigenvalue weighted by atomic mass is 9.93. The Morgan fingerprint density at radius 2 is 1.67 bits per heavy atom. The molecule has 1 aliphatic carbocycles. The van der Waals surface area contributed by atoms with Crippen LogP contribution in [0.2, 0.25) is 10.0 Å². The molecule has 1 fully saturated rings. The molecule has 5 rings (SSSR count). The van der Waals surface area contributed by atoms with Gasteiger partial charge in [-0.1, -0.05) is 47.5 Å². The Morgan fingerprint density at radius 1 is 1.07 bits per heavy atom. The largest absolute Gasteiger partial charge is 0.462 e. The van der Waals surface area contributed by atoms with E-state index in [1.165, 1.54) is 11.8 Å². The first-order valence-electron chi connectivity index (χ1n) is 10.0. The smallest absolute Gasteiger partial charge is 0.346 e. The number of allylic oxidation sites excluding steroid dienone is 1. The first kappa shape index (κ1) is 20.0. The van der Waals surface area contributed by atoms with Crippen molar-refractivity contribution in [2.75, 3.05) is 6.61 Å². The summed E-state index contributed by atoms with van der Waals surface area (Å²) in [4.78, 5) is 20.7. The number of hydrogen-bond acceptors (Lipinski definition) is 5. The lowest BCUT2D eigenvalue weighted by Gasteiger charge is -2.30. The molecule has 0 amide bonds. The fourth-order valence-corrected chi connectivity index (χ4v) is 5.51. The summed E-state index contributed by atoms with van der Waals surface area (Å²) >= 11 is 13.7. The highest BCUT2D eigenvalue weighted by Gasteiger charge is 2.50. The predicted octanol–water partition coefficient (Wildman–Crippen LogP) is 6.38. The first-order valence-corrected chi connectivity index (χ1v) is 11.6. The maximum Gasteiger partial charge on any atom is 0.346 e. The second kappa shape index (κ2) is 7.95. The fraction of sp³-hybridized carbons (Fsp3) is 0.304. The van der Waals surface area contributed by atoms with E-state index in [0.717, 1.165) is 34.8 Å². The number of esters is 1. The summed E-state index contributed by atoms with van der Waals surface area (Å²) in [5.41, 5.74) is 3.27. The lowest BCUT2D eigenvalue weighted by Crippen LogP contribution is -2.28. The Morgan fingerprint density at radius 3 is 2.23 bits per heavy atom. The van der Waals surface area contributed by atoms with Crippen molar-refractivity contribution in [3.05, 3.63) is 80.3 Å². The van der Waals surface area contributed by atoms with Crippen LogP contribution in [0, 0.1) is 5.92 Å². The molecule has 1 saturated carbocycles. The van der Waals surface area contributed by atoms with Crippen LogP contribution < -0.4 is 0 Å². The van der Waals surface area contributed by atoms with E-state index in [-0.39, 0.29) is 18.1 Å². The van der Waals surface area contributed by atoms with Crippen LogP contribution in [0.25, 0.3) is 0 Å². The molecule has 30 heavy (non-hydrogen) atoms. The molecule has 3 aliphatic rings. The molecule has 154 valence electrons. The Balaban J connectivity index is 1.61. The van der Waals surface area contributed by atoms with Gasteiger partial charge in [0.05, 0.1) is 12.6 Å². The lowest BCUT2D eigenvalue weighted by molar-refractivity contribution is -0.137. The highest BCUT2D eigenvalue weighted by atomic mass is 35.5. The van der Waals surface area contributed by atoms with Gasteiger partial charge in [0.15, 0.2) is 5.17 Å². The van der Waals surface area contributed by atoms with Crippen molar-refractivity contribution in [3.63, 3.8) is 0 Å². The summed E-state index contributed by atoms with van der Waals surface area (Å²) in [5, 5.41) is 2.26. The van der Waals surface area contributed by atoms with Crippen molar-refractivity contribution in [2.24, 2.45) is 10.9 Å². The van der Waals surface area contributed by atoms with Gasteiger partial charge in [0.25, 0.3) is 0 Å². The molecule has 0 spiro atoms. The minimum atomic E-state index is -0.251. The van der Waals surface area contributed by atoms with E-state index < -0.39 is 0 Å². The van der Waals surface area contributed by atoms with E-state index in [1.807, 2.05) is 55.5 Å². The van der Waals surface area contributed by atoms with Gasteiger partial charge in [0.2, 0.25) is 0 Å². The standard InChI is InChI=1S/C23H20Cl2N2O2S/c1-2-29-22(28)21-20(15-3-4-15)27-19(14-7-11-17(25)12-8-14)18(26-23(27)30-21)13-5-9-16(24)10-6-13/h5-12,15,18-19H,2-4H2,1H3/t18-,19+/m0/s1. The van der Waals surface area contributed by atoms with Gasteiger partial charge < -0.3 is 9.64 Å². The molecule has 2 aromatic rings. The maximum atomic E-state index is 12.7. The Labute approximate surface area is 189 Å². The molecule has 0 radical (unpaired) electrons. The number of aliphatic imine (C=N–C) groups is 1. The van der Waals surface area contributed by atoms with E-state index in [1.54, 1.807) is 0 Å². The number of fused-ring (bicyclic) bond motifs is 1. The van der Waals surface area contributed by atoms with Crippen LogP contribution in [0.4, 0.5) is 0 Å². The minimum Gasteiger partial charge on any atom is -0.462 e. The maximum absolute atomic E-state index is 12.7. The summed E-state index contributed by atoms with van der Waals surface area (Å²) < 4.78 is 5.35. The van der Waals surface area contributed by atoms with Crippen LogP contribution in [0.3, 0.4) is 0 Å².